The first-order chi connectivity index (χ1) is 18.3. The van der Waals surface area contributed by atoms with Crippen LogP contribution >= 0.6 is 27.5 Å². The summed E-state index contributed by atoms with van der Waals surface area (Å²) in [6.45, 7) is 5.07. The third-order valence-electron chi connectivity index (χ3n) is 6.05. The van der Waals surface area contributed by atoms with Crippen molar-refractivity contribution in [2.75, 3.05) is 17.1 Å². The Morgan fingerprint density at radius 1 is 0.974 bits per heavy atom. The molecule has 0 saturated heterocycles. The number of hydrogen-bond donors (Lipinski definition) is 1. The summed E-state index contributed by atoms with van der Waals surface area (Å²) in [5.41, 5.74) is 2.63. The van der Waals surface area contributed by atoms with E-state index in [1.165, 1.54) is 4.90 Å². The van der Waals surface area contributed by atoms with Gasteiger partial charge in [-0.1, -0.05) is 70.0 Å². The molecule has 0 radical (unpaired) electrons. The normalized spacial score (nSPS) is 12.2. The molecule has 0 fully saturated rings. The second-order valence-electron chi connectivity index (χ2n) is 9.72. The maximum absolute atomic E-state index is 14.1. The minimum Gasteiger partial charge on any atom is -0.352 e. The van der Waals surface area contributed by atoms with Crippen LogP contribution in [-0.4, -0.2) is 50.0 Å². The van der Waals surface area contributed by atoms with Gasteiger partial charge in [0.25, 0.3) is 0 Å². The number of rotatable bonds is 11. The molecule has 0 unspecified atom stereocenters. The molecule has 2 amide bonds. The molecule has 208 valence electrons. The van der Waals surface area contributed by atoms with Crippen LogP contribution in [0.15, 0.2) is 77.3 Å². The Kier molecular flexibility index (Phi) is 10.6. The largest absolute Gasteiger partial charge is 0.352 e. The summed E-state index contributed by atoms with van der Waals surface area (Å²) < 4.78 is 27.7. The number of hydrogen-bond acceptors (Lipinski definition) is 4. The van der Waals surface area contributed by atoms with Gasteiger partial charge in [0.15, 0.2) is 0 Å². The van der Waals surface area contributed by atoms with E-state index < -0.39 is 28.5 Å². The fraction of sp³-hybridized carbons (Fsp3) is 0.310. The predicted octanol–water partition coefficient (Wildman–Crippen LogP) is 5.34. The average Bonchev–Trinajstić information content (AvgIpc) is 2.84. The number of amides is 2. The van der Waals surface area contributed by atoms with E-state index in [1.807, 2.05) is 68.4 Å². The van der Waals surface area contributed by atoms with E-state index in [4.69, 9.17) is 11.6 Å². The van der Waals surface area contributed by atoms with Crippen LogP contribution in [0.25, 0.3) is 0 Å². The van der Waals surface area contributed by atoms with Crippen molar-refractivity contribution >= 4 is 55.1 Å². The van der Waals surface area contributed by atoms with Crippen molar-refractivity contribution in [1.29, 1.82) is 0 Å². The second-order valence-corrected chi connectivity index (χ2v) is 13.0. The lowest BCUT2D eigenvalue weighted by Crippen LogP contribution is -2.54. The summed E-state index contributed by atoms with van der Waals surface area (Å²) in [6, 6.07) is 20.7. The second kappa shape index (κ2) is 13.5. The lowest BCUT2D eigenvalue weighted by atomic mass is 10.0. The minimum absolute atomic E-state index is 0.110. The van der Waals surface area contributed by atoms with E-state index in [2.05, 4.69) is 21.2 Å². The van der Waals surface area contributed by atoms with Gasteiger partial charge in [0.2, 0.25) is 21.8 Å². The number of nitrogens with one attached hydrogen (secondary N) is 1. The smallest absolute Gasteiger partial charge is 0.244 e. The van der Waals surface area contributed by atoms with Crippen LogP contribution in [0.5, 0.6) is 0 Å². The van der Waals surface area contributed by atoms with Gasteiger partial charge in [-0.25, -0.2) is 8.42 Å². The molecule has 0 aliphatic heterocycles. The molecule has 0 bridgehead atoms. The van der Waals surface area contributed by atoms with Gasteiger partial charge in [-0.3, -0.25) is 13.9 Å². The highest BCUT2D eigenvalue weighted by Gasteiger charge is 2.33. The number of nitrogens with zero attached hydrogens (tertiary/aromatic N) is 2. The zero-order chi connectivity index (χ0) is 28.7. The van der Waals surface area contributed by atoms with Crippen LogP contribution in [0.3, 0.4) is 0 Å². The summed E-state index contributed by atoms with van der Waals surface area (Å²) in [7, 11) is -3.85. The van der Waals surface area contributed by atoms with Crippen molar-refractivity contribution in [3.63, 3.8) is 0 Å². The Morgan fingerprint density at radius 2 is 1.64 bits per heavy atom. The molecule has 0 aliphatic rings. The molecule has 0 aliphatic carbocycles. The molecule has 1 atom stereocenters. The first-order valence-corrected chi connectivity index (χ1v) is 15.5. The van der Waals surface area contributed by atoms with Gasteiger partial charge in [-0.05, 0) is 67.8 Å². The standard InChI is InChI=1S/C29H33BrClN3O4S/c1-20(2)32-29(36)27(17-22-9-6-5-7-10-22)33(18-23-11-8-12-24(30)16-23)28(35)19-34(39(4,37)38)26-14-13-25(31)15-21(26)3/h5-16,20,27H,17-19H2,1-4H3,(H,32,36)/t27-/m1/s1. The monoisotopic (exact) mass is 633 g/mol. The van der Waals surface area contributed by atoms with Gasteiger partial charge in [0.05, 0.1) is 11.9 Å². The molecule has 0 saturated carbocycles. The summed E-state index contributed by atoms with van der Waals surface area (Å²) in [4.78, 5) is 29.1. The summed E-state index contributed by atoms with van der Waals surface area (Å²) >= 11 is 9.57. The van der Waals surface area contributed by atoms with E-state index >= 15 is 0 Å². The Morgan fingerprint density at radius 3 is 2.23 bits per heavy atom. The lowest BCUT2D eigenvalue weighted by Gasteiger charge is -2.34. The Bertz CT molecular complexity index is 1420. The fourth-order valence-electron chi connectivity index (χ4n) is 4.26. The van der Waals surface area contributed by atoms with E-state index in [9.17, 15) is 18.0 Å². The number of carbonyl (C=O) groups is 2. The number of halogens is 2. The molecule has 0 aromatic heterocycles. The van der Waals surface area contributed by atoms with Crippen LogP contribution in [0.4, 0.5) is 5.69 Å². The van der Waals surface area contributed by atoms with Gasteiger partial charge in [0.1, 0.15) is 12.6 Å². The highest BCUT2D eigenvalue weighted by molar-refractivity contribution is 9.10. The van der Waals surface area contributed by atoms with Crippen molar-refractivity contribution in [3.8, 4) is 0 Å². The number of sulfonamides is 1. The number of carbonyl (C=O) groups excluding carboxylic acids is 2. The third-order valence-corrected chi connectivity index (χ3v) is 7.91. The zero-order valence-electron chi connectivity index (χ0n) is 22.4. The molecule has 7 nitrogen and oxygen atoms in total. The Labute approximate surface area is 244 Å². The van der Waals surface area contributed by atoms with Gasteiger partial charge < -0.3 is 10.2 Å². The molecule has 3 aromatic rings. The average molecular weight is 635 g/mol. The van der Waals surface area contributed by atoms with Crippen molar-refractivity contribution in [1.82, 2.24) is 10.2 Å². The topological polar surface area (TPSA) is 86.8 Å². The van der Waals surface area contributed by atoms with Crippen LogP contribution in [0.2, 0.25) is 5.02 Å². The minimum atomic E-state index is -3.85. The molecule has 1 N–H and O–H groups in total. The molecule has 3 aromatic carbocycles. The first-order valence-electron chi connectivity index (χ1n) is 12.5. The summed E-state index contributed by atoms with van der Waals surface area (Å²) in [6.07, 6.45) is 1.32. The SMILES string of the molecule is Cc1cc(Cl)ccc1N(CC(=O)N(Cc1cccc(Br)c1)[C@H](Cc1ccccc1)C(=O)NC(C)C)S(C)(=O)=O. The molecule has 10 heteroatoms. The van der Waals surface area contributed by atoms with Gasteiger partial charge in [0, 0.05) is 28.5 Å². The maximum atomic E-state index is 14.1. The van der Waals surface area contributed by atoms with Gasteiger partial charge >= 0.3 is 0 Å². The lowest BCUT2D eigenvalue weighted by molar-refractivity contribution is -0.140. The van der Waals surface area contributed by atoms with Gasteiger partial charge in [-0.15, -0.1) is 0 Å². The molecular formula is C29H33BrClN3O4S. The number of aryl methyl sites for hydroxylation is 1. The highest BCUT2D eigenvalue weighted by atomic mass is 79.9. The van der Waals surface area contributed by atoms with E-state index in [0.717, 1.165) is 26.2 Å². The van der Waals surface area contributed by atoms with Crippen molar-refractivity contribution in [2.24, 2.45) is 0 Å². The molecule has 0 heterocycles. The quantitative estimate of drug-likeness (QED) is 0.309. The van der Waals surface area contributed by atoms with Crippen LogP contribution in [0, 0.1) is 6.92 Å². The van der Waals surface area contributed by atoms with Crippen molar-refractivity contribution < 1.29 is 18.0 Å². The Hall–Kier alpha value is -2.88. The van der Waals surface area contributed by atoms with Crippen molar-refractivity contribution in [3.05, 3.63) is 99.0 Å². The molecular weight excluding hydrogens is 602 g/mol. The predicted molar refractivity (Wildman–Crippen MR) is 160 cm³/mol. The van der Waals surface area contributed by atoms with E-state index in [1.54, 1.807) is 25.1 Å². The highest BCUT2D eigenvalue weighted by Crippen LogP contribution is 2.26. The fourth-order valence-corrected chi connectivity index (χ4v) is 5.84. The maximum Gasteiger partial charge on any atom is 0.244 e. The molecule has 3 rings (SSSR count). The summed E-state index contributed by atoms with van der Waals surface area (Å²) in [5.74, 6) is -0.819. The van der Waals surface area contributed by atoms with Gasteiger partial charge in [-0.2, -0.15) is 0 Å². The zero-order valence-corrected chi connectivity index (χ0v) is 25.6. The Balaban J connectivity index is 2.07. The third kappa shape index (κ3) is 8.81. The number of anilines is 1. The molecule has 39 heavy (non-hydrogen) atoms. The summed E-state index contributed by atoms with van der Waals surface area (Å²) in [5, 5.41) is 3.40. The van der Waals surface area contributed by atoms with E-state index in [0.29, 0.717) is 16.3 Å². The van der Waals surface area contributed by atoms with Crippen LogP contribution in [-0.2, 0) is 32.6 Å². The number of benzene rings is 3. The van der Waals surface area contributed by atoms with Crippen molar-refractivity contribution in [2.45, 2.75) is 45.8 Å². The van der Waals surface area contributed by atoms with Crippen LogP contribution < -0.4 is 9.62 Å². The van der Waals surface area contributed by atoms with E-state index in [-0.39, 0.29) is 24.9 Å². The molecule has 0 spiro atoms. The first kappa shape index (κ1) is 30.7. The van der Waals surface area contributed by atoms with Crippen LogP contribution in [0.1, 0.15) is 30.5 Å².